The van der Waals surface area contributed by atoms with Crippen molar-refractivity contribution in [1.29, 1.82) is 0 Å². The summed E-state index contributed by atoms with van der Waals surface area (Å²) in [6.45, 7) is -0.470. The first-order valence-corrected chi connectivity index (χ1v) is 7.83. The second kappa shape index (κ2) is 9.05. The number of aromatic nitrogens is 1. The van der Waals surface area contributed by atoms with Crippen LogP contribution in [-0.4, -0.2) is 30.6 Å². The molecule has 1 aromatic heterocycles. The van der Waals surface area contributed by atoms with Crippen molar-refractivity contribution in [1.82, 2.24) is 4.98 Å². The van der Waals surface area contributed by atoms with E-state index in [2.05, 4.69) is 10.3 Å². The zero-order chi connectivity index (χ0) is 18.2. The summed E-state index contributed by atoms with van der Waals surface area (Å²) in [4.78, 5) is 27.3. The van der Waals surface area contributed by atoms with Crippen molar-refractivity contribution in [3.05, 3.63) is 58.2 Å². The summed E-state index contributed by atoms with van der Waals surface area (Å²) in [6, 6.07) is 8.57. The number of hydrogen-bond donors (Lipinski definition) is 1. The van der Waals surface area contributed by atoms with E-state index in [0.29, 0.717) is 10.8 Å². The maximum atomic E-state index is 11.8. The number of rotatable bonds is 6. The number of anilines is 1. The van der Waals surface area contributed by atoms with Crippen molar-refractivity contribution in [2.24, 2.45) is 0 Å². The fraction of sp³-hybridized carbons (Fsp3) is 0.118. The minimum atomic E-state index is -0.659. The van der Waals surface area contributed by atoms with Gasteiger partial charge in [-0.1, -0.05) is 35.3 Å². The Labute approximate surface area is 154 Å². The zero-order valence-corrected chi connectivity index (χ0v) is 14.7. The Bertz CT molecular complexity index is 809. The summed E-state index contributed by atoms with van der Waals surface area (Å²) in [5.41, 5.74) is 0.762. The van der Waals surface area contributed by atoms with Gasteiger partial charge in [0, 0.05) is 12.3 Å². The van der Waals surface area contributed by atoms with Crippen molar-refractivity contribution < 1.29 is 19.1 Å². The minimum absolute atomic E-state index is 0.138. The Kier molecular flexibility index (Phi) is 6.80. The van der Waals surface area contributed by atoms with Crippen LogP contribution in [0, 0.1) is 0 Å². The SMILES string of the molecule is COc1cccc(/C=C/C(=O)OCC(=O)Nc2ncc(Cl)cc2Cl)c1. The van der Waals surface area contributed by atoms with Crippen LogP contribution < -0.4 is 10.1 Å². The lowest BCUT2D eigenvalue weighted by molar-refractivity contribution is -0.142. The first-order valence-electron chi connectivity index (χ1n) is 7.07. The number of esters is 1. The molecule has 0 aliphatic carbocycles. The highest BCUT2D eigenvalue weighted by atomic mass is 35.5. The van der Waals surface area contributed by atoms with Crippen LogP contribution in [0.2, 0.25) is 10.0 Å². The predicted octanol–water partition coefficient (Wildman–Crippen LogP) is 3.59. The van der Waals surface area contributed by atoms with Crippen LogP contribution in [0.25, 0.3) is 6.08 Å². The molecule has 1 amide bonds. The maximum Gasteiger partial charge on any atom is 0.331 e. The van der Waals surface area contributed by atoms with Crippen LogP contribution in [0.4, 0.5) is 5.82 Å². The van der Waals surface area contributed by atoms with Gasteiger partial charge in [0.05, 0.1) is 17.2 Å². The number of halogens is 2. The van der Waals surface area contributed by atoms with Crippen molar-refractivity contribution in [2.75, 3.05) is 19.0 Å². The van der Waals surface area contributed by atoms with Gasteiger partial charge >= 0.3 is 5.97 Å². The lowest BCUT2D eigenvalue weighted by Gasteiger charge is -2.06. The van der Waals surface area contributed by atoms with Gasteiger partial charge in [-0.05, 0) is 29.8 Å². The molecule has 0 bridgehead atoms. The number of carbonyl (C=O) groups is 2. The molecule has 0 unspecified atom stereocenters. The molecule has 0 fully saturated rings. The Hall–Kier alpha value is -2.57. The molecule has 6 nitrogen and oxygen atoms in total. The zero-order valence-electron chi connectivity index (χ0n) is 13.2. The van der Waals surface area contributed by atoms with Crippen LogP contribution in [0.1, 0.15) is 5.56 Å². The molecule has 0 aliphatic heterocycles. The Balaban J connectivity index is 1.84. The molecular weight excluding hydrogens is 367 g/mol. The van der Waals surface area contributed by atoms with Gasteiger partial charge < -0.3 is 14.8 Å². The van der Waals surface area contributed by atoms with Crippen LogP contribution in [0.15, 0.2) is 42.6 Å². The third-order valence-corrected chi connectivity index (χ3v) is 3.41. The fourth-order valence-corrected chi connectivity index (χ4v) is 2.20. The van der Waals surface area contributed by atoms with E-state index >= 15 is 0 Å². The number of nitrogens with one attached hydrogen (secondary N) is 1. The van der Waals surface area contributed by atoms with Crippen LogP contribution in [0.3, 0.4) is 0 Å². The normalized spacial score (nSPS) is 10.5. The molecule has 1 aromatic carbocycles. The van der Waals surface area contributed by atoms with Gasteiger partial charge in [0.1, 0.15) is 5.75 Å². The average molecular weight is 381 g/mol. The summed E-state index contributed by atoms with van der Waals surface area (Å²) >= 11 is 11.6. The molecule has 1 heterocycles. The standard InChI is InChI=1S/C17H14Cl2N2O4/c1-24-13-4-2-3-11(7-13)5-6-16(23)25-10-15(22)21-17-14(19)8-12(18)9-20-17/h2-9H,10H2,1H3,(H,20,21,22)/b6-5+. The molecule has 25 heavy (non-hydrogen) atoms. The maximum absolute atomic E-state index is 11.8. The second-order valence-corrected chi connectivity index (χ2v) is 5.59. The molecular formula is C17H14Cl2N2O4. The highest BCUT2D eigenvalue weighted by Gasteiger charge is 2.09. The molecule has 2 rings (SSSR count). The Morgan fingerprint density at radius 1 is 1.28 bits per heavy atom. The number of hydrogen-bond acceptors (Lipinski definition) is 5. The third kappa shape index (κ3) is 6.10. The van der Waals surface area contributed by atoms with Crippen molar-refractivity contribution in [2.45, 2.75) is 0 Å². The minimum Gasteiger partial charge on any atom is -0.497 e. The number of amides is 1. The van der Waals surface area contributed by atoms with E-state index < -0.39 is 18.5 Å². The van der Waals surface area contributed by atoms with Crippen molar-refractivity contribution >= 4 is 47.0 Å². The lowest BCUT2D eigenvalue weighted by Crippen LogP contribution is -2.20. The van der Waals surface area contributed by atoms with E-state index in [1.165, 1.54) is 18.3 Å². The molecule has 1 N–H and O–H groups in total. The number of nitrogens with zero attached hydrogens (tertiary/aromatic N) is 1. The number of methoxy groups -OCH3 is 1. The van der Waals surface area contributed by atoms with Gasteiger partial charge in [0.15, 0.2) is 12.4 Å². The van der Waals surface area contributed by atoms with Crippen molar-refractivity contribution in [3.8, 4) is 5.75 Å². The van der Waals surface area contributed by atoms with Crippen LogP contribution in [0.5, 0.6) is 5.75 Å². The van der Waals surface area contributed by atoms with Gasteiger partial charge in [0.2, 0.25) is 0 Å². The van der Waals surface area contributed by atoms with Crippen molar-refractivity contribution in [3.63, 3.8) is 0 Å². The van der Waals surface area contributed by atoms with Crippen LogP contribution >= 0.6 is 23.2 Å². The van der Waals surface area contributed by atoms with Gasteiger partial charge in [0.25, 0.3) is 5.91 Å². The first kappa shape index (κ1) is 18.8. The molecule has 0 radical (unpaired) electrons. The summed E-state index contributed by atoms with van der Waals surface area (Å²) in [5, 5.41) is 2.95. The van der Waals surface area contributed by atoms with E-state index in [1.54, 1.807) is 37.5 Å². The van der Waals surface area contributed by atoms with E-state index in [0.717, 1.165) is 5.56 Å². The van der Waals surface area contributed by atoms with Crippen LogP contribution in [-0.2, 0) is 14.3 Å². The molecule has 0 atom stereocenters. The monoisotopic (exact) mass is 380 g/mol. The topological polar surface area (TPSA) is 77.5 Å². The molecule has 8 heteroatoms. The second-order valence-electron chi connectivity index (χ2n) is 4.75. The largest absolute Gasteiger partial charge is 0.497 e. The summed E-state index contributed by atoms with van der Waals surface area (Å²) < 4.78 is 9.94. The molecule has 130 valence electrons. The quantitative estimate of drug-likeness (QED) is 0.611. The summed E-state index contributed by atoms with van der Waals surface area (Å²) in [5.74, 6) is -0.422. The van der Waals surface area contributed by atoms with E-state index in [-0.39, 0.29) is 10.8 Å². The highest BCUT2D eigenvalue weighted by Crippen LogP contribution is 2.22. The van der Waals surface area contributed by atoms with E-state index in [1.807, 2.05) is 0 Å². The van der Waals surface area contributed by atoms with E-state index in [9.17, 15) is 9.59 Å². The van der Waals surface area contributed by atoms with Gasteiger partial charge in [-0.25, -0.2) is 9.78 Å². The Morgan fingerprint density at radius 2 is 2.08 bits per heavy atom. The van der Waals surface area contributed by atoms with Gasteiger partial charge in [-0.2, -0.15) is 0 Å². The molecule has 0 saturated heterocycles. The Morgan fingerprint density at radius 3 is 2.80 bits per heavy atom. The molecule has 2 aromatic rings. The summed E-state index contributed by atoms with van der Waals surface area (Å²) in [6.07, 6.45) is 4.11. The molecule has 0 spiro atoms. The number of pyridine rings is 1. The predicted molar refractivity (Wildman–Crippen MR) is 95.9 cm³/mol. The number of carbonyl (C=O) groups excluding carboxylic acids is 2. The highest BCUT2D eigenvalue weighted by molar-refractivity contribution is 6.36. The van der Waals surface area contributed by atoms with Gasteiger partial charge in [-0.3, -0.25) is 4.79 Å². The van der Waals surface area contributed by atoms with Gasteiger partial charge in [-0.15, -0.1) is 0 Å². The summed E-state index contributed by atoms with van der Waals surface area (Å²) in [7, 11) is 1.55. The number of ether oxygens (including phenoxy) is 2. The smallest absolute Gasteiger partial charge is 0.331 e. The average Bonchev–Trinajstić information content (AvgIpc) is 2.60. The third-order valence-electron chi connectivity index (χ3n) is 2.92. The molecule has 0 saturated carbocycles. The van der Waals surface area contributed by atoms with E-state index in [4.69, 9.17) is 32.7 Å². The molecule has 0 aliphatic rings. The fourth-order valence-electron chi connectivity index (χ4n) is 1.77. The number of benzene rings is 1. The lowest BCUT2D eigenvalue weighted by atomic mass is 10.2. The first-order chi connectivity index (χ1) is 12.0.